The maximum absolute atomic E-state index is 10.6. The minimum atomic E-state index is -0.945. The molecule has 1 saturated heterocycles. The van der Waals surface area contributed by atoms with Gasteiger partial charge in [-0.25, -0.2) is 0 Å². The molecule has 0 aromatic rings. The van der Waals surface area contributed by atoms with E-state index >= 15 is 0 Å². The Hall–Kier alpha value is -1.45. The SMILES string of the molecule is C=CN1CC(=O)C(=O)C1=O. The molecule has 0 radical (unpaired) electrons. The summed E-state index contributed by atoms with van der Waals surface area (Å²) in [4.78, 5) is 32.6. The van der Waals surface area contributed by atoms with E-state index in [1.54, 1.807) is 0 Å². The summed E-state index contributed by atoms with van der Waals surface area (Å²) in [6.45, 7) is 3.11. The van der Waals surface area contributed by atoms with Gasteiger partial charge in [-0.05, 0) is 0 Å². The van der Waals surface area contributed by atoms with Crippen LogP contribution in [0.4, 0.5) is 0 Å². The highest BCUT2D eigenvalue weighted by Crippen LogP contribution is 2.01. The lowest BCUT2D eigenvalue weighted by atomic mass is 10.3. The molecule has 0 atom stereocenters. The quantitative estimate of drug-likeness (QED) is 0.443. The Morgan fingerprint density at radius 3 is 2.20 bits per heavy atom. The zero-order valence-electron chi connectivity index (χ0n) is 5.16. The second kappa shape index (κ2) is 2.06. The van der Waals surface area contributed by atoms with E-state index in [4.69, 9.17) is 0 Å². The summed E-state index contributed by atoms with van der Waals surface area (Å²) in [7, 11) is 0. The first kappa shape index (κ1) is 6.67. The number of carbonyl (C=O) groups excluding carboxylic acids is 3. The molecule has 1 fully saturated rings. The molecule has 4 heteroatoms. The van der Waals surface area contributed by atoms with Crippen LogP contribution < -0.4 is 0 Å². The average molecular weight is 139 g/mol. The van der Waals surface area contributed by atoms with Gasteiger partial charge in [-0.15, -0.1) is 0 Å². The first-order valence-corrected chi connectivity index (χ1v) is 2.67. The van der Waals surface area contributed by atoms with Gasteiger partial charge in [0, 0.05) is 6.20 Å². The number of nitrogens with zero attached hydrogens (tertiary/aromatic N) is 1. The van der Waals surface area contributed by atoms with Gasteiger partial charge in [0.25, 0.3) is 5.78 Å². The Kier molecular flexibility index (Phi) is 1.37. The molecule has 1 rings (SSSR count). The standard InChI is InChI=1S/C6H5NO3/c1-2-7-3-4(8)5(9)6(7)10/h2H,1,3H2. The van der Waals surface area contributed by atoms with E-state index in [0.717, 1.165) is 4.90 Å². The van der Waals surface area contributed by atoms with Crippen molar-refractivity contribution in [2.24, 2.45) is 0 Å². The van der Waals surface area contributed by atoms with E-state index in [1.807, 2.05) is 0 Å². The number of likely N-dealkylation sites (tertiary alicyclic amines) is 1. The molecule has 4 nitrogen and oxygen atoms in total. The van der Waals surface area contributed by atoms with Crippen LogP contribution in [-0.2, 0) is 14.4 Å². The lowest BCUT2D eigenvalue weighted by Gasteiger charge is -2.02. The maximum atomic E-state index is 10.6. The number of amides is 1. The average Bonchev–Trinajstić information content (AvgIpc) is 2.17. The number of carbonyl (C=O) groups is 3. The third kappa shape index (κ3) is 0.737. The number of rotatable bonds is 1. The van der Waals surface area contributed by atoms with Gasteiger partial charge in [0.2, 0.25) is 5.78 Å². The van der Waals surface area contributed by atoms with Gasteiger partial charge >= 0.3 is 5.91 Å². The van der Waals surface area contributed by atoms with E-state index in [1.165, 1.54) is 6.20 Å². The van der Waals surface area contributed by atoms with Crippen molar-refractivity contribution in [1.82, 2.24) is 4.90 Å². The summed E-state index contributed by atoms with van der Waals surface area (Å²) in [5, 5.41) is 0. The van der Waals surface area contributed by atoms with Crippen molar-refractivity contribution >= 4 is 17.5 Å². The molecule has 0 N–H and O–H groups in total. The van der Waals surface area contributed by atoms with E-state index in [-0.39, 0.29) is 6.54 Å². The third-order valence-electron chi connectivity index (χ3n) is 1.24. The molecule has 1 heterocycles. The molecule has 0 spiro atoms. The van der Waals surface area contributed by atoms with Gasteiger partial charge in [0.1, 0.15) is 0 Å². The van der Waals surface area contributed by atoms with E-state index < -0.39 is 17.5 Å². The summed E-state index contributed by atoms with van der Waals surface area (Å²) in [6.07, 6.45) is 1.17. The second-order valence-electron chi connectivity index (χ2n) is 1.87. The molecule has 52 valence electrons. The molecule has 0 bridgehead atoms. The van der Waals surface area contributed by atoms with Crippen LogP contribution >= 0.6 is 0 Å². The summed E-state index contributed by atoms with van der Waals surface area (Å²) in [5.74, 6) is -2.38. The molecule has 0 aromatic heterocycles. The first-order valence-electron chi connectivity index (χ1n) is 2.67. The molecule has 1 amide bonds. The van der Waals surface area contributed by atoms with Crippen molar-refractivity contribution in [1.29, 1.82) is 0 Å². The fourth-order valence-corrected chi connectivity index (χ4v) is 0.695. The molecule has 0 aromatic carbocycles. The van der Waals surface area contributed by atoms with Crippen LogP contribution in [0.5, 0.6) is 0 Å². The highest BCUT2D eigenvalue weighted by Gasteiger charge is 2.35. The third-order valence-corrected chi connectivity index (χ3v) is 1.24. The van der Waals surface area contributed by atoms with Gasteiger partial charge in [0.15, 0.2) is 0 Å². The van der Waals surface area contributed by atoms with Crippen molar-refractivity contribution in [2.45, 2.75) is 0 Å². The molecular formula is C6H5NO3. The Morgan fingerprint density at radius 2 is 2.00 bits per heavy atom. The highest BCUT2D eigenvalue weighted by atomic mass is 16.2. The lowest BCUT2D eigenvalue weighted by Crippen LogP contribution is -2.21. The van der Waals surface area contributed by atoms with Crippen LogP contribution in [-0.4, -0.2) is 28.9 Å². The Labute approximate surface area is 57.1 Å². The summed E-state index contributed by atoms with van der Waals surface area (Å²) in [6, 6.07) is 0. The Balaban J connectivity index is 2.91. The van der Waals surface area contributed by atoms with Gasteiger partial charge in [-0.2, -0.15) is 0 Å². The number of hydrogen-bond donors (Lipinski definition) is 0. The van der Waals surface area contributed by atoms with Gasteiger partial charge in [-0.3, -0.25) is 14.4 Å². The predicted molar refractivity (Wildman–Crippen MR) is 31.9 cm³/mol. The molecule has 0 unspecified atom stereocenters. The Morgan fingerprint density at radius 1 is 1.40 bits per heavy atom. The Bertz CT molecular complexity index is 231. The van der Waals surface area contributed by atoms with Gasteiger partial charge in [0.05, 0.1) is 6.54 Å². The molecule has 0 saturated carbocycles. The molecular weight excluding hydrogens is 134 g/mol. The van der Waals surface area contributed by atoms with Crippen LogP contribution in [0, 0.1) is 0 Å². The smallest absolute Gasteiger partial charge is 0.302 e. The molecule has 1 aliphatic rings. The molecule has 10 heavy (non-hydrogen) atoms. The van der Waals surface area contributed by atoms with E-state index in [0.29, 0.717) is 0 Å². The fraction of sp³-hybridized carbons (Fsp3) is 0.167. The van der Waals surface area contributed by atoms with Crippen LogP contribution in [0.1, 0.15) is 0 Å². The maximum Gasteiger partial charge on any atom is 0.302 e. The number of ketones is 2. The topological polar surface area (TPSA) is 54.5 Å². The van der Waals surface area contributed by atoms with Gasteiger partial charge < -0.3 is 4.90 Å². The number of Topliss-reactive ketones (excluding diaryl/α,β-unsaturated/α-hetero) is 2. The lowest BCUT2D eigenvalue weighted by molar-refractivity contribution is -0.142. The van der Waals surface area contributed by atoms with Crippen LogP contribution in [0.2, 0.25) is 0 Å². The van der Waals surface area contributed by atoms with Crippen LogP contribution in [0.3, 0.4) is 0 Å². The summed E-state index contributed by atoms with van der Waals surface area (Å²) >= 11 is 0. The summed E-state index contributed by atoms with van der Waals surface area (Å²) in [5.41, 5.74) is 0. The minimum Gasteiger partial charge on any atom is -0.305 e. The van der Waals surface area contributed by atoms with Crippen molar-refractivity contribution < 1.29 is 14.4 Å². The normalized spacial score (nSPS) is 18.4. The fourth-order valence-electron chi connectivity index (χ4n) is 0.695. The van der Waals surface area contributed by atoms with Gasteiger partial charge in [-0.1, -0.05) is 6.58 Å². The van der Waals surface area contributed by atoms with Crippen molar-refractivity contribution in [3.63, 3.8) is 0 Å². The van der Waals surface area contributed by atoms with Crippen molar-refractivity contribution in [3.8, 4) is 0 Å². The summed E-state index contributed by atoms with van der Waals surface area (Å²) < 4.78 is 0. The second-order valence-corrected chi connectivity index (χ2v) is 1.87. The molecule has 0 aliphatic carbocycles. The van der Waals surface area contributed by atoms with Crippen molar-refractivity contribution in [2.75, 3.05) is 6.54 Å². The van der Waals surface area contributed by atoms with E-state index in [2.05, 4.69) is 6.58 Å². The first-order chi connectivity index (χ1) is 4.66. The zero-order valence-corrected chi connectivity index (χ0v) is 5.16. The highest BCUT2D eigenvalue weighted by molar-refractivity contribution is 6.66. The largest absolute Gasteiger partial charge is 0.305 e. The zero-order chi connectivity index (χ0) is 7.72. The van der Waals surface area contributed by atoms with Crippen LogP contribution in [0.15, 0.2) is 12.8 Å². The predicted octanol–water partition coefficient (Wildman–Crippen LogP) is -0.890. The minimum absolute atomic E-state index is 0.152. The molecule has 1 aliphatic heterocycles. The van der Waals surface area contributed by atoms with E-state index in [9.17, 15) is 14.4 Å². The monoisotopic (exact) mass is 139 g/mol. The number of hydrogen-bond acceptors (Lipinski definition) is 3. The van der Waals surface area contributed by atoms with Crippen LogP contribution in [0.25, 0.3) is 0 Å². The van der Waals surface area contributed by atoms with Crippen molar-refractivity contribution in [3.05, 3.63) is 12.8 Å².